The number of aromatic nitrogens is 4. The van der Waals surface area contributed by atoms with Gasteiger partial charge in [0.15, 0.2) is 0 Å². The van der Waals surface area contributed by atoms with Gasteiger partial charge in [0.05, 0.1) is 47.4 Å². The van der Waals surface area contributed by atoms with Gasteiger partial charge in [-0.05, 0) is 62.4 Å². The SMILES string of the molecule is Cc1cc(Cn2cc3c(CC(C)(O)CNC(=O)c4ccccc4O)nccc3n2)ncc1OCC1CC1. The maximum absolute atomic E-state index is 12.4. The molecule has 192 valence electrons. The van der Waals surface area contributed by atoms with Crippen LogP contribution in [0, 0.1) is 12.8 Å². The molecule has 0 aliphatic heterocycles. The second-order valence-electron chi connectivity index (χ2n) is 10.1. The van der Waals surface area contributed by atoms with Gasteiger partial charge in [0.1, 0.15) is 11.5 Å². The molecule has 9 nitrogen and oxygen atoms in total. The summed E-state index contributed by atoms with van der Waals surface area (Å²) in [6.45, 7) is 4.90. The van der Waals surface area contributed by atoms with Crippen molar-refractivity contribution in [1.82, 2.24) is 25.1 Å². The molecule has 1 atom stereocenters. The van der Waals surface area contributed by atoms with Crippen LogP contribution in [0.25, 0.3) is 10.9 Å². The predicted molar refractivity (Wildman–Crippen MR) is 139 cm³/mol. The quantitative estimate of drug-likeness (QED) is 0.304. The predicted octanol–water partition coefficient (Wildman–Crippen LogP) is 3.40. The van der Waals surface area contributed by atoms with Crippen LogP contribution >= 0.6 is 0 Å². The second kappa shape index (κ2) is 10.2. The van der Waals surface area contributed by atoms with Crippen molar-refractivity contribution in [2.24, 2.45) is 5.92 Å². The molecule has 0 spiro atoms. The third-order valence-electron chi connectivity index (χ3n) is 6.51. The molecule has 1 aliphatic rings. The highest BCUT2D eigenvalue weighted by atomic mass is 16.5. The molecule has 0 saturated heterocycles. The van der Waals surface area contributed by atoms with Gasteiger partial charge in [-0.1, -0.05) is 12.1 Å². The minimum Gasteiger partial charge on any atom is -0.507 e. The molecule has 1 aromatic carbocycles. The van der Waals surface area contributed by atoms with E-state index in [1.54, 1.807) is 31.5 Å². The molecule has 9 heteroatoms. The molecule has 0 radical (unpaired) electrons. The summed E-state index contributed by atoms with van der Waals surface area (Å²) in [6, 6.07) is 10.1. The minimum absolute atomic E-state index is 0.00919. The number of pyridine rings is 2. The number of fused-ring (bicyclic) bond motifs is 1. The average Bonchev–Trinajstić information content (AvgIpc) is 3.60. The number of carbonyl (C=O) groups is 1. The standard InChI is InChI=1S/C28H31N5O4/c1-18-11-20(30-13-26(18)37-16-19-7-8-19)14-33-15-22-23(32-33)9-10-29-24(22)12-28(2,36)17-31-27(35)21-5-3-4-6-25(21)34/h3-6,9-11,13,15,19,34,36H,7-8,12,14,16-17H2,1-2H3,(H,31,35). The zero-order chi connectivity index (χ0) is 26.0. The zero-order valence-electron chi connectivity index (χ0n) is 21.0. The maximum atomic E-state index is 12.4. The number of para-hydroxylation sites is 1. The van der Waals surface area contributed by atoms with E-state index in [2.05, 4.69) is 20.4 Å². The molecule has 37 heavy (non-hydrogen) atoms. The summed E-state index contributed by atoms with van der Waals surface area (Å²) in [4.78, 5) is 21.5. The second-order valence-corrected chi connectivity index (χ2v) is 10.1. The summed E-state index contributed by atoms with van der Waals surface area (Å²) in [5.41, 5.74) is 2.26. The van der Waals surface area contributed by atoms with Crippen LogP contribution in [0.2, 0.25) is 0 Å². The number of amides is 1. The molecule has 5 rings (SSSR count). The largest absolute Gasteiger partial charge is 0.507 e. The van der Waals surface area contributed by atoms with Crippen molar-refractivity contribution in [2.45, 2.75) is 45.3 Å². The van der Waals surface area contributed by atoms with Crippen molar-refractivity contribution < 1.29 is 19.7 Å². The van der Waals surface area contributed by atoms with Gasteiger partial charge < -0.3 is 20.3 Å². The van der Waals surface area contributed by atoms with Crippen molar-refractivity contribution in [3.8, 4) is 11.5 Å². The smallest absolute Gasteiger partial charge is 0.255 e. The van der Waals surface area contributed by atoms with E-state index in [1.165, 1.54) is 25.0 Å². The van der Waals surface area contributed by atoms with Crippen molar-refractivity contribution in [1.29, 1.82) is 0 Å². The van der Waals surface area contributed by atoms with Crippen LogP contribution < -0.4 is 10.1 Å². The number of nitrogens with zero attached hydrogens (tertiary/aromatic N) is 4. The first-order valence-corrected chi connectivity index (χ1v) is 12.5. The van der Waals surface area contributed by atoms with Gasteiger partial charge >= 0.3 is 0 Å². The fraction of sp³-hybridized carbons (Fsp3) is 0.357. The number of nitrogens with one attached hydrogen (secondary N) is 1. The van der Waals surface area contributed by atoms with Crippen LogP contribution in [0.5, 0.6) is 11.5 Å². The average molecular weight is 502 g/mol. The molecule has 1 fully saturated rings. The molecule has 0 bridgehead atoms. The van der Waals surface area contributed by atoms with Gasteiger partial charge in [0, 0.05) is 30.7 Å². The van der Waals surface area contributed by atoms with Crippen LogP contribution in [0.15, 0.2) is 55.0 Å². The van der Waals surface area contributed by atoms with E-state index in [-0.39, 0.29) is 24.3 Å². The highest BCUT2D eigenvalue weighted by molar-refractivity contribution is 5.96. The number of hydrogen-bond acceptors (Lipinski definition) is 7. The van der Waals surface area contributed by atoms with Crippen molar-refractivity contribution >= 4 is 16.8 Å². The number of ether oxygens (including phenoxy) is 1. The molecular formula is C28H31N5O4. The third-order valence-corrected chi connectivity index (χ3v) is 6.51. The highest BCUT2D eigenvalue weighted by Gasteiger charge is 2.25. The minimum atomic E-state index is -1.27. The fourth-order valence-electron chi connectivity index (χ4n) is 4.22. The molecule has 1 aliphatic carbocycles. The Morgan fingerprint density at radius 3 is 2.81 bits per heavy atom. The Balaban J connectivity index is 1.26. The van der Waals surface area contributed by atoms with Crippen LogP contribution in [0.4, 0.5) is 0 Å². The Morgan fingerprint density at radius 2 is 2.05 bits per heavy atom. The first-order chi connectivity index (χ1) is 17.8. The van der Waals surface area contributed by atoms with E-state index in [4.69, 9.17) is 4.74 Å². The van der Waals surface area contributed by atoms with E-state index in [9.17, 15) is 15.0 Å². The van der Waals surface area contributed by atoms with Gasteiger partial charge in [-0.3, -0.25) is 19.4 Å². The summed E-state index contributed by atoms with van der Waals surface area (Å²) in [6.07, 6.45) is 8.06. The highest BCUT2D eigenvalue weighted by Crippen LogP contribution is 2.30. The molecule has 1 amide bonds. The maximum Gasteiger partial charge on any atom is 0.255 e. The summed E-state index contributed by atoms with van der Waals surface area (Å²) in [7, 11) is 0. The number of aliphatic hydroxyl groups is 1. The Morgan fingerprint density at radius 1 is 1.24 bits per heavy atom. The number of phenols is 1. The first kappa shape index (κ1) is 24.7. The molecule has 1 saturated carbocycles. The lowest BCUT2D eigenvalue weighted by Gasteiger charge is -2.23. The Labute approximate surface area is 215 Å². The lowest BCUT2D eigenvalue weighted by molar-refractivity contribution is 0.0547. The molecule has 3 heterocycles. The van der Waals surface area contributed by atoms with Crippen LogP contribution in [0.3, 0.4) is 0 Å². The van der Waals surface area contributed by atoms with E-state index in [1.807, 2.05) is 29.9 Å². The Bertz CT molecular complexity index is 1430. The number of rotatable bonds is 10. The summed E-state index contributed by atoms with van der Waals surface area (Å²) in [5, 5.41) is 29.1. The van der Waals surface area contributed by atoms with Gasteiger partial charge in [-0.15, -0.1) is 0 Å². The van der Waals surface area contributed by atoms with Crippen molar-refractivity contribution in [3.63, 3.8) is 0 Å². The number of carbonyl (C=O) groups excluding carboxylic acids is 1. The normalized spacial score (nSPS) is 14.9. The molecule has 4 aromatic rings. The van der Waals surface area contributed by atoms with Crippen molar-refractivity contribution in [3.05, 3.63) is 77.5 Å². The van der Waals surface area contributed by atoms with Gasteiger partial charge in [0.2, 0.25) is 0 Å². The molecule has 3 N–H and O–H groups in total. The fourth-order valence-corrected chi connectivity index (χ4v) is 4.22. The number of hydrogen-bond donors (Lipinski definition) is 3. The molecule has 3 aromatic heterocycles. The zero-order valence-corrected chi connectivity index (χ0v) is 21.0. The van der Waals surface area contributed by atoms with Crippen LogP contribution in [-0.4, -0.2) is 54.6 Å². The first-order valence-electron chi connectivity index (χ1n) is 12.5. The monoisotopic (exact) mass is 501 g/mol. The Hall–Kier alpha value is -3.98. The summed E-state index contributed by atoms with van der Waals surface area (Å²) < 4.78 is 7.70. The van der Waals surface area contributed by atoms with Gasteiger partial charge in [0.25, 0.3) is 5.91 Å². The number of benzene rings is 1. The Kier molecular flexibility index (Phi) is 6.80. The van der Waals surface area contributed by atoms with Crippen LogP contribution in [-0.2, 0) is 13.0 Å². The topological polar surface area (TPSA) is 122 Å². The molecule has 1 unspecified atom stereocenters. The van der Waals surface area contributed by atoms with Crippen LogP contribution in [0.1, 0.15) is 47.1 Å². The summed E-state index contributed by atoms with van der Waals surface area (Å²) >= 11 is 0. The van der Waals surface area contributed by atoms with E-state index < -0.39 is 11.5 Å². The third kappa shape index (κ3) is 6.06. The van der Waals surface area contributed by atoms with E-state index in [0.29, 0.717) is 18.2 Å². The number of aryl methyl sites for hydroxylation is 1. The lowest BCUT2D eigenvalue weighted by atomic mass is 9.98. The van der Waals surface area contributed by atoms with E-state index in [0.717, 1.165) is 34.5 Å². The molecular weight excluding hydrogens is 470 g/mol. The summed E-state index contributed by atoms with van der Waals surface area (Å²) in [5.74, 6) is 0.949. The van der Waals surface area contributed by atoms with Crippen molar-refractivity contribution in [2.75, 3.05) is 13.2 Å². The van der Waals surface area contributed by atoms with Gasteiger partial charge in [-0.25, -0.2) is 0 Å². The number of aromatic hydroxyl groups is 1. The number of phenolic OH excluding ortho intramolecular Hbond substituents is 1. The lowest BCUT2D eigenvalue weighted by Crippen LogP contribution is -2.42. The van der Waals surface area contributed by atoms with Gasteiger partial charge in [-0.2, -0.15) is 5.10 Å². The van der Waals surface area contributed by atoms with E-state index >= 15 is 0 Å².